The Kier molecular flexibility index (Phi) is 9.77. The third kappa shape index (κ3) is 8.20. The van der Waals surface area contributed by atoms with Crippen molar-refractivity contribution in [2.75, 3.05) is 74.8 Å². The molecule has 4 rings (SSSR count). The number of para-hydroxylation sites is 2. The lowest BCUT2D eigenvalue weighted by Gasteiger charge is -2.28. The average Bonchev–Trinajstić information content (AvgIpc) is 2.94. The summed E-state index contributed by atoms with van der Waals surface area (Å²) in [5, 5.41) is 5.91. The fraction of sp³-hybridized carbons (Fsp3) is 0.333. The summed E-state index contributed by atoms with van der Waals surface area (Å²) in [5.41, 5.74) is 10.3. The molecule has 1 aliphatic heterocycles. The number of hydrogen-bond donors (Lipinski definition) is 3. The molecule has 0 aliphatic carbocycles. The molecule has 3 aromatic carbocycles. The molecule has 3 aromatic rings. The molecule has 1 saturated heterocycles. The number of morpholine rings is 1. The van der Waals surface area contributed by atoms with Crippen molar-refractivity contribution in [1.29, 1.82) is 0 Å². The maximum atomic E-state index is 13.4. The second kappa shape index (κ2) is 13.6. The molecule has 0 spiro atoms. The summed E-state index contributed by atoms with van der Waals surface area (Å²) in [6.45, 7) is 5.28. The number of ether oxygens (including phenoxy) is 1. The van der Waals surface area contributed by atoms with E-state index in [1.165, 1.54) is 0 Å². The first-order chi connectivity index (χ1) is 18.9. The Balaban J connectivity index is 1.42. The summed E-state index contributed by atoms with van der Waals surface area (Å²) in [7, 11) is 3.94. The summed E-state index contributed by atoms with van der Waals surface area (Å²) in [5.74, 6) is -0.236. The fourth-order valence-corrected chi connectivity index (χ4v) is 4.41. The van der Waals surface area contributed by atoms with Crippen molar-refractivity contribution in [3.8, 4) is 0 Å². The molecule has 9 nitrogen and oxygen atoms in total. The molecule has 3 amide bonds. The highest BCUT2D eigenvalue weighted by Crippen LogP contribution is 2.20. The summed E-state index contributed by atoms with van der Waals surface area (Å²) in [4.78, 5) is 32.3. The second-order valence-corrected chi connectivity index (χ2v) is 9.84. The van der Waals surface area contributed by atoms with Gasteiger partial charge < -0.3 is 30.9 Å². The first kappa shape index (κ1) is 27.9. The molecule has 39 heavy (non-hydrogen) atoms. The van der Waals surface area contributed by atoms with Crippen molar-refractivity contribution in [1.82, 2.24) is 9.80 Å². The monoisotopic (exact) mass is 530 g/mol. The van der Waals surface area contributed by atoms with Crippen LogP contribution in [0.1, 0.15) is 22.3 Å². The number of nitrogens with two attached hydrogens (primary N) is 1. The van der Waals surface area contributed by atoms with Crippen LogP contribution in [0, 0.1) is 0 Å². The summed E-state index contributed by atoms with van der Waals surface area (Å²) < 4.78 is 5.45. The Labute approximate surface area is 230 Å². The standard InChI is InChI=1S/C30H38N6O3/c1-34(2)26-8-5-7-25(21-26)32-30(38)36(16-6-15-35-17-19-39-20-18-35)22-23-11-13-24(14-12-23)29(37)33-28-10-4-3-9-27(28)31/h3-5,7-14,21H,6,15-20,22,31H2,1-2H3,(H,32,38)(H,33,37). The van der Waals surface area contributed by atoms with Crippen LogP contribution in [0.5, 0.6) is 0 Å². The highest BCUT2D eigenvalue weighted by Gasteiger charge is 2.17. The number of benzene rings is 3. The first-order valence-corrected chi connectivity index (χ1v) is 13.3. The Morgan fingerprint density at radius 2 is 1.69 bits per heavy atom. The lowest BCUT2D eigenvalue weighted by molar-refractivity contribution is 0.0365. The van der Waals surface area contributed by atoms with Crippen LogP contribution >= 0.6 is 0 Å². The Morgan fingerprint density at radius 3 is 2.41 bits per heavy atom. The zero-order valence-corrected chi connectivity index (χ0v) is 22.7. The SMILES string of the molecule is CN(C)c1cccc(NC(=O)N(CCCN2CCOCC2)Cc2ccc(C(=O)Nc3ccccc3N)cc2)c1. The van der Waals surface area contributed by atoms with Gasteiger partial charge in [-0.2, -0.15) is 0 Å². The summed E-state index contributed by atoms with van der Waals surface area (Å²) in [6.07, 6.45) is 0.851. The van der Waals surface area contributed by atoms with Crippen LogP contribution in [0.4, 0.5) is 27.5 Å². The fourth-order valence-electron chi connectivity index (χ4n) is 4.41. The van der Waals surface area contributed by atoms with Crippen LogP contribution < -0.4 is 21.3 Å². The minimum Gasteiger partial charge on any atom is -0.397 e. The highest BCUT2D eigenvalue weighted by molar-refractivity contribution is 6.05. The third-order valence-electron chi connectivity index (χ3n) is 6.71. The number of nitrogens with one attached hydrogen (secondary N) is 2. The van der Waals surface area contributed by atoms with Crippen molar-refractivity contribution in [2.24, 2.45) is 0 Å². The maximum absolute atomic E-state index is 13.4. The molecule has 0 atom stereocenters. The van der Waals surface area contributed by atoms with Gasteiger partial charge in [-0.3, -0.25) is 9.69 Å². The van der Waals surface area contributed by atoms with E-state index < -0.39 is 0 Å². The molecule has 0 radical (unpaired) electrons. The van der Waals surface area contributed by atoms with E-state index in [1.54, 1.807) is 24.3 Å². The molecular weight excluding hydrogens is 492 g/mol. The van der Waals surface area contributed by atoms with E-state index in [-0.39, 0.29) is 11.9 Å². The van der Waals surface area contributed by atoms with Gasteiger partial charge >= 0.3 is 6.03 Å². The second-order valence-electron chi connectivity index (χ2n) is 9.84. The van der Waals surface area contributed by atoms with Crippen LogP contribution in [0.25, 0.3) is 0 Å². The van der Waals surface area contributed by atoms with Gasteiger partial charge in [-0.15, -0.1) is 0 Å². The van der Waals surface area contributed by atoms with Crippen LogP contribution in [-0.2, 0) is 11.3 Å². The predicted octanol–water partition coefficient (Wildman–Crippen LogP) is 4.34. The lowest BCUT2D eigenvalue weighted by Crippen LogP contribution is -2.40. The van der Waals surface area contributed by atoms with Gasteiger partial charge in [0.2, 0.25) is 0 Å². The largest absolute Gasteiger partial charge is 0.397 e. The van der Waals surface area contributed by atoms with Crippen LogP contribution in [-0.4, -0.2) is 75.2 Å². The van der Waals surface area contributed by atoms with Gasteiger partial charge in [0.25, 0.3) is 5.91 Å². The summed E-state index contributed by atoms with van der Waals surface area (Å²) >= 11 is 0. The zero-order chi connectivity index (χ0) is 27.6. The molecule has 9 heteroatoms. The molecule has 206 valence electrons. The number of carbonyl (C=O) groups excluding carboxylic acids is 2. The van der Waals surface area contributed by atoms with E-state index in [2.05, 4.69) is 15.5 Å². The van der Waals surface area contributed by atoms with Gasteiger partial charge in [0.15, 0.2) is 0 Å². The smallest absolute Gasteiger partial charge is 0.322 e. The Morgan fingerprint density at radius 1 is 0.949 bits per heavy atom. The molecule has 4 N–H and O–H groups in total. The van der Waals surface area contributed by atoms with Crippen LogP contribution in [0.3, 0.4) is 0 Å². The predicted molar refractivity (Wildman–Crippen MR) is 157 cm³/mol. The normalized spacial score (nSPS) is 13.5. The molecule has 0 aromatic heterocycles. The number of carbonyl (C=O) groups is 2. The number of rotatable bonds is 10. The molecule has 1 fully saturated rings. The maximum Gasteiger partial charge on any atom is 0.322 e. The lowest BCUT2D eigenvalue weighted by atomic mass is 10.1. The molecule has 0 unspecified atom stereocenters. The number of urea groups is 1. The van der Waals surface area contributed by atoms with Gasteiger partial charge in [0, 0.05) is 63.8 Å². The topological polar surface area (TPSA) is 103 Å². The van der Waals surface area contributed by atoms with Crippen molar-refractivity contribution in [3.05, 3.63) is 83.9 Å². The van der Waals surface area contributed by atoms with Gasteiger partial charge in [-0.25, -0.2) is 4.79 Å². The number of anilines is 4. The molecule has 0 bridgehead atoms. The van der Waals surface area contributed by atoms with E-state index in [9.17, 15) is 9.59 Å². The molecule has 1 heterocycles. The minimum atomic E-state index is -0.236. The highest BCUT2D eigenvalue weighted by atomic mass is 16.5. The third-order valence-corrected chi connectivity index (χ3v) is 6.71. The van der Waals surface area contributed by atoms with Gasteiger partial charge in [0.1, 0.15) is 0 Å². The van der Waals surface area contributed by atoms with Gasteiger partial charge in [-0.1, -0.05) is 30.3 Å². The average molecular weight is 531 g/mol. The van der Waals surface area contributed by atoms with Crippen molar-refractivity contribution >= 4 is 34.7 Å². The summed E-state index contributed by atoms with van der Waals surface area (Å²) in [6, 6.07) is 22.1. The van der Waals surface area contributed by atoms with E-state index in [0.29, 0.717) is 30.0 Å². The van der Waals surface area contributed by atoms with Gasteiger partial charge in [0.05, 0.1) is 24.6 Å². The molecule has 0 saturated carbocycles. The zero-order valence-electron chi connectivity index (χ0n) is 22.7. The van der Waals surface area contributed by atoms with Crippen LogP contribution in [0.15, 0.2) is 72.8 Å². The van der Waals surface area contributed by atoms with Crippen molar-refractivity contribution in [2.45, 2.75) is 13.0 Å². The van der Waals surface area contributed by atoms with Gasteiger partial charge in [-0.05, 0) is 54.4 Å². The van der Waals surface area contributed by atoms with E-state index in [1.807, 2.05) is 72.4 Å². The van der Waals surface area contributed by atoms with Crippen molar-refractivity contribution < 1.29 is 14.3 Å². The van der Waals surface area contributed by atoms with Crippen molar-refractivity contribution in [3.63, 3.8) is 0 Å². The minimum absolute atomic E-state index is 0.158. The Bertz CT molecular complexity index is 1240. The first-order valence-electron chi connectivity index (χ1n) is 13.3. The van der Waals surface area contributed by atoms with E-state index in [0.717, 1.165) is 56.2 Å². The van der Waals surface area contributed by atoms with E-state index in [4.69, 9.17) is 10.5 Å². The molecular formula is C30H38N6O3. The Hall–Kier alpha value is -4.08. The molecule has 1 aliphatic rings. The van der Waals surface area contributed by atoms with Crippen LogP contribution in [0.2, 0.25) is 0 Å². The number of amides is 3. The number of nitrogens with zero attached hydrogens (tertiary/aromatic N) is 3. The number of nitrogen functional groups attached to an aromatic ring is 1. The quantitative estimate of drug-likeness (QED) is 0.337. The van der Waals surface area contributed by atoms with E-state index >= 15 is 0 Å². The number of hydrogen-bond acceptors (Lipinski definition) is 6.